The van der Waals surface area contributed by atoms with E-state index in [0.29, 0.717) is 11.8 Å². The van der Waals surface area contributed by atoms with Crippen molar-refractivity contribution in [3.05, 3.63) is 29.8 Å². The minimum atomic E-state index is -0.185. The molecule has 2 rings (SSSR count). The van der Waals surface area contributed by atoms with E-state index in [2.05, 4.69) is 38.1 Å². The average Bonchev–Trinajstić information content (AvgIpc) is 2.17. The molecule has 1 aliphatic rings. The minimum Gasteiger partial charge on any atom is -0.392 e. The Morgan fingerprint density at radius 3 is 2.79 bits per heavy atom. The van der Waals surface area contributed by atoms with Crippen LogP contribution in [0.3, 0.4) is 0 Å². The van der Waals surface area contributed by atoms with E-state index in [1.54, 1.807) is 11.8 Å². The predicted molar refractivity (Wildman–Crippen MR) is 60.8 cm³/mol. The van der Waals surface area contributed by atoms with E-state index in [9.17, 15) is 5.11 Å². The first-order valence-electron chi connectivity index (χ1n) is 5.10. The normalized spacial score (nSPS) is 26.3. The maximum Gasteiger partial charge on any atom is 0.0705 e. The van der Waals surface area contributed by atoms with E-state index in [1.165, 1.54) is 10.5 Å². The third kappa shape index (κ3) is 1.69. The highest BCUT2D eigenvalue weighted by Gasteiger charge is 2.30. The van der Waals surface area contributed by atoms with Gasteiger partial charge in [0.25, 0.3) is 0 Å². The zero-order valence-electron chi connectivity index (χ0n) is 8.60. The Bertz CT molecular complexity index is 322. The van der Waals surface area contributed by atoms with Crippen LogP contribution in [0, 0.1) is 5.92 Å². The number of thioether (sulfide) groups is 1. The second-order valence-electron chi connectivity index (χ2n) is 4.19. The first-order valence-corrected chi connectivity index (χ1v) is 6.08. The van der Waals surface area contributed by atoms with Gasteiger partial charge in [0.05, 0.1) is 6.10 Å². The van der Waals surface area contributed by atoms with Gasteiger partial charge in [0, 0.05) is 16.6 Å². The largest absolute Gasteiger partial charge is 0.392 e. The van der Waals surface area contributed by atoms with Crippen molar-refractivity contribution in [1.82, 2.24) is 0 Å². The lowest BCUT2D eigenvalue weighted by atomic mass is 9.84. The van der Waals surface area contributed by atoms with Crippen molar-refractivity contribution in [2.24, 2.45) is 5.92 Å². The molecule has 2 heteroatoms. The molecule has 76 valence electrons. The Kier molecular flexibility index (Phi) is 2.84. The summed E-state index contributed by atoms with van der Waals surface area (Å²) in [6, 6.07) is 8.43. The van der Waals surface area contributed by atoms with Crippen molar-refractivity contribution >= 4 is 11.8 Å². The average molecular weight is 208 g/mol. The molecule has 0 saturated carbocycles. The summed E-state index contributed by atoms with van der Waals surface area (Å²) in [5.74, 6) is 1.65. The first kappa shape index (κ1) is 10.1. The van der Waals surface area contributed by atoms with Crippen molar-refractivity contribution in [3.63, 3.8) is 0 Å². The molecule has 0 fully saturated rings. The molecular formula is C12H16OS. The Hall–Kier alpha value is -0.470. The van der Waals surface area contributed by atoms with Gasteiger partial charge in [0.15, 0.2) is 0 Å². The molecule has 2 atom stereocenters. The summed E-state index contributed by atoms with van der Waals surface area (Å²) in [5.41, 5.74) is 1.33. The van der Waals surface area contributed by atoms with E-state index in [1.807, 2.05) is 0 Å². The summed E-state index contributed by atoms with van der Waals surface area (Å²) < 4.78 is 0. The molecular weight excluding hydrogens is 192 g/mol. The van der Waals surface area contributed by atoms with Gasteiger partial charge in [0.1, 0.15) is 0 Å². The fraction of sp³-hybridized carbons (Fsp3) is 0.500. The maximum atomic E-state index is 9.97. The van der Waals surface area contributed by atoms with Crippen LogP contribution in [0.15, 0.2) is 29.2 Å². The molecule has 0 saturated heterocycles. The monoisotopic (exact) mass is 208 g/mol. The van der Waals surface area contributed by atoms with Gasteiger partial charge in [0.2, 0.25) is 0 Å². The van der Waals surface area contributed by atoms with E-state index in [0.717, 1.165) is 5.75 Å². The van der Waals surface area contributed by atoms with Crippen molar-refractivity contribution < 1.29 is 5.11 Å². The van der Waals surface area contributed by atoms with Gasteiger partial charge in [-0.3, -0.25) is 0 Å². The first-order chi connectivity index (χ1) is 6.70. The molecule has 14 heavy (non-hydrogen) atoms. The third-order valence-corrected chi connectivity index (χ3v) is 4.01. The van der Waals surface area contributed by atoms with Gasteiger partial charge in [-0.15, -0.1) is 11.8 Å². The van der Waals surface area contributed by atoms with Gasteiger partial charge in [-0.25, -0.2) is 0 Å². The molecule has 0 aromatic heterocycles. The second-order valence-corrected chi connectivity index (χ2v) is 5.25. The highest BCUT2D eigenvalue weighted by molar-refractivity contribution is 7.99. The second kappa shape index (κ2) is 3.95. The van der Waals surface area contributed by atoms with E-state index in [4.69, 9.17) is 0 Å². The molecule has 1 aromatic rings. The molecule has 1 heterocycles. The van der Waals surface area contributed by atoms with Crippen LogP contribution < -0.4 is 0 Å². The number of rotatable bonds is 1. The van der Waals surface area contributed by atoms with E-state index in [-0.39, 0.29) is 6.10 Å². The maximum absolute atomic E-state index is 9.97. The Morgan fingerprint density at radius 1 is 1.36 bits per heavy atom. The van der Waals surface area contributed by atoms with Gasteiger partial charge in [-0.2, -0.15) is 0 Å². The van der Waals surface area contributed by atoms with Crippen molar-refractivity contribution in [2.75, 3.05) is 5.75 Å². The summed E-state index contributed by atoms with van der Waals surface area (Å²) in [4.78, 5) is 1.34. The Labute approximate surface area is 89.5 Å². The number of aliphatic hydroxyl groups is 1. The summed E-state index contributed by atoms with van der Waals surface area (Å²) in [5, 5.41) is 9.97. The number of fused-ring (bicyclic) bond motifs is 1. The van der Waals surface area contributed by atoms with Crippen LogP contribution >= 0.6 is 11.8 Å². The highest BCUT2D eigenvalue weighted by atomic mass is 32.2. The standard InChI is InChI=1S/C12H16OS/c1-8(2)12-9-5-3-4-6-11(9)14-7-10(12)13/h3-6,8,10,12-13H,7H2,1-2H3/t10-,12?/m0/s1. The van der Waals surface area contributed by atoms with Crippen molar-refractivity contribution in [2.45, 2.75) is 30.8 Å². The van der Waals surface area contributed by atoms with Crippen LogP contribution in [0.1, 0.15) is 25.3 Å². The zero-order chi connectivity index (χ0) is 10.1. The summed E-state index contributed by atoms with van der Waals surface area (Å²) in [7, 11) is 0. The van der Waals surface area contributed by atoms with Crippen molar-refractivity contribution in [3.8, 4) is 0 Å². The fourth-order valence-electron chi connectivity index (χ4n) is 2.18. The number of hydrogen-bond acceptors (Lipinski definition) is 2. The van der Waals surface area contributed by atoms with Gasteiger partial charge in [-0.1, -0.05) is 32.0 Å². The minimum absolute atomic E-state index is 0.185. The lowest BCUT2D eigenvalue weighted by Gasteiger charge is -2.32. The Morgan fingerprint density at radius 2 is 2.07 bits per heavy atom. The third-order valence-electron chi connectivity index (χ3n) is 2.82. The molecule has 0 spiro atoms. The topological polar surface area (TPSA) is 20.2 Å². The quantitative estimate of drug-likeness (QED) is 0.765. The molecule has 1 aromatic carbocycles. The predicted octanol–water partition coefficient (Wildman–Crippen LogP) is 2.89. The molecule has 1 unspecified atom stereocenters. The molecule has 0 amide bonds. The molecule has 1 nitrogen and oxygen atoms in total. The SMILES string of the molecule is CC(C)C1c2ccccc2SC[C@@H]1O. The van der Waals surface area contributed by atoms with Crippen LogP contribution in [-0.4, -0.2) is 17.0 Å². The van der Waals surface area contributed by atoms with Gasteiger partial charge < -0.3 is 5.11 Å². The van der Waals surface area contributed by atoms with Gasteiger partial charge in [-0.05, 0) is 17.5 Å². The van der Waals surface area contributed by atoms with E-state index < -0.39 is 0 Å². The lowest BCUT2D eigenvalue weighted by Crippen LogP contribution is -2.28. The van der Waals surface area contributed by atoms with Crippen LogP contribution in [0.2, 0.25) is 0 Å². The molecule has 0 aliphatic carbocycles. The molecule has 1 aliphatic heterocycles. The molecule has 0 radical (unpaired) electrons. The number of hydrogen-bond donors (Lipinski definition) is 1. The summed E-state index contributed by atoms with van der Waals surface area (Å²) in [6.45, 7) is 4.36. The van der Waals surface area contributed by atoms with Crippen LogP contribution in [0.5, 0.6) is 0 Å². The highest BCUT2D eigenvalue weighted by Crippen LogP contribution is 2.40. The van der Waals surface area contributed by atoms with Crippen molar-refractivity contribution in [1.29, 1.82) is 0 Å². The zero-order valence-corrected chi connectivity index (χ0v) is 9.42. The number of benzene rings is 1. The molecule has 1 N–H and O–H groups in total. The molecule has 0 bridgehead atoms. The fourth-order valence-corrected chi connectivity index (χ4v) is 3.28. The smallest absolute Gasteiger partial charge is 0.0705 e. The lowest BCUT2D eigenvalue weighted by molar-refractivity contribution is 0.141. The number of aliphatic hydroxyl groups excluding tert-OH is 1. The Balaban J connectivity index is 2.41. The van der Waals surface area contributed by atoms with Crippen LogP contribution in [0.4, 0.5) is 0 Å². The van der Waals surface area contributed by atoms with Crippen LogP contribution in [0.25, 0.3) is 0 Å². The van der Waals surface area contributed by atoms with E-state index >= 15 is 0 Å². The summed E-state index contributed by atoms with van der Waals surface area (Å²) >= 11 is 1.77. The summed E-state index contributed by atoms with van der Waals surface area (Å²) in [6.07, 6.45) is -0.185. The van der Waals surface area contributed by atoms with Gasteiger partial charge >= 0.3 is 0 Å². The van der Waals surface area contributed by atoms with Crippen LogP contribution in [-0.2, 0) is 0 Å².